The molecule has 0 bridgehead atoms. The van der Waals surface area contributed by atoms with Crippen molar-refractivity contribution in [3.8, 4) is 0 Å². The zero-order valence-electron chi connectivity index (χ0n) is 21.7. The number of benzene rings is 1. The van der Waals surface area contributed by atoms with E-state index in [1.807, 2.05) is 6.08 Å². The molecule has 1 aromatic rings. The van der Waals surface area contributed by atoms with Gasteiger partial charge in [-0.15, -0.1) is 24.8 Å². The summed E-state index contributed by atoms with van der Waals surface area (Å²) in [5.41, 5.74) is 2.49. The van der Waals surface area contributed by atoms with E-state index in [1.54, 1.807) is 21.3 Å². The predicted octanol–water partition coefficient (Wildman–Crippen LogP) is 6.74. The molecule has 0 amide bonds. The lowest BCUT2D eigenvalue weighted by Gasteiger charge is -2.28. The van der Waals surface area contributed by atoms with Gasteiger partial charge in [0.05, 0.1) is 0 Å². The Morgan fingerprint density at radius 1 is 0.676 bits per heavy atom. The second-order valence-electron chi connectivity index (χ2n) is 8.45. The van der Waals surface area contributed by atoms with Gasteiger partial charge in [0.2, 0.25) is 0 Å². The summed E-state index contributed by atoms with van der Waals surface area (Å²) in [7, 11) is 4.89. The van der Waals surface area contributed by atoms with Crippen LogP contribution < -0.4 is 10.6 Å². The van der Waals surface area contributed by atoms with Gasteiger partial charge in [0, 0.05) is 47.4 Å². The normalized spacial score (nSPS) is 11.0. The first-order chi connectivity index (χ1) is 15.7. The molecule has 2 N–H and O–H groups in total. The summed E-state index contributed by atoms with van der Waals surface area (Å²) in [4.78, 5) is 0. The van der Waals surface area contributed by atoms with Crippen LogP contribution in [0.3, 0.4) is 0 Å². The molecule has 200 valence electrons. The molecule has 0 atom stereocenters. The zero-order valence-corrected chi connectivity index (χ0v) is 23.4. The lowest BCUT2D eigenvalue weighted by Crippen LogP contribution is -2.35. The first-order valence-electron chi connectivity index (χ1n) is 12.5. The number of halogens is 2. The molecule has 0 saturated heterocycles. The van der Waals surface area contributed by atoms with Crippen molar-refractivity contribution >= 4 is 30.9 Å². The highest BCUT2D eigenvalue weighted by Crippen LogP contribution is 2.21. The van der Waals surface area contributed by atoms with Gasteiger partial charge in [0.25, 0.3) is 5.97 Å². The second-order valence-corrected chi connectivity index (χ2v) is 8.45. The summed E-state index contributed by atoms with van der Waals surface area (Å²) in [6.07, 6.45) is 15.6. The number of methoxy groups -OCH3 is 3. The molecule has 1 aromatic carbocycles. The molecular weight excluding hydrogens is 471 g/mol. The molecule has 0 saturated carbocycles. The first kappa shape index (κ1) is 35.5. The Balaban J connectivity index is 0. The van der Waals surface area contributed by atoms with E-state index < -0.39 is 5.97 Å². The van der Waals surface area contributed by atoms with Crippen LogP contribution in [0.25, 0.3) is 6.08 Å². The maximum atomic E-state index is 5.33. The van der Waals surface area contributed by atoms with Crippen LogP contribution >= 0.6 is 24.8 Å². The largest absolute Gasteiger partial charge is 0.331 e. The Hall–Kier alpha value is -0.660. The fourth-order valence-electron chi connectivity index (χ4n) is 3.87. The summed E-state index contributed by atoms with van der Waals surface area (Å²) >= 11 is 0. The van der Waals surface area contributed by atoms with Crippen molar-refractivity contribution < 1.29 is 14.2 Å². The standard InChI is InChI=1S/C27H48N2O3.2ClH/c1-5-25-16-18-26(19-17-25)24-29-23-22-28-21-15-13-11-9-7-6-8-10-12-14-20-27(30-2,31-3)32-4;;/h5,16-19,28-29H,1,6-15,20-24H2,2-4H3;2*1H. The maximum Gasteiger partial charge on any atom is 0.282 e. The van der Waals surface area contributed by atoms with Gasteiger partial charge in [0.15, 0.2) is 0 Å². The molecule has 0 radical (unpaired) electrons. The van der Waals surface area contributed by atoms with Crippen LogP contribution in [0.4, 0.5) is 0 Å². The minimum Gasteiger partial charge on any atom is -0.331 e. The molecule has 0 aliphatic carbocycles. The van der Waals surface area contributed by atoms with Crippen molar-refractivity contribution in [2.24, 2.45) is 0 Å². The third-order valence-electron chi connectivity index (χ3n) is 6.04. The van der Waals surface area contributed by atoms with Crippen molar-refractivity contribution in [3.05, 3.63) is 42.0 Å². The second kappa shape index (κ2) is 24.1. The Labute approximate surface area is 221 Å². The van der Waals surface area contributed by atoms with Gasteiger partial charge in [-0.05, 0) is 30.5 Å². The molecule has 0 spiro atoms. The average Bonchev–Trinajstić information content (AvgIpc) is 2.84. The van der Waals surface area contributed by atoms with E-state index >= 15 is 0 Å². The number of nitrogens with one attached hydrogen (secondary N) is 2. The fourth-order valence-corrected chi connectivity index (χ4v) is 3.87. The number of ether oxygens (including phenoxy) is 3. The Morgan fingerprint density at radius 2 is 1.15 bits per heavy atom. The van der Waals surface area contributed by atoms with Crippen LogP contribution in [0.5, 0.6) is 0 Å². The molecule has 0 aliphatic rings. The van der Waals surface area contributed by atoms with Crippen molar-refractivity contribution in [2.45, 2.75) is 83.1 Å². The molecule has 0 unspecified atom stereocenters. The highest BCUT2D eigenvalue weighted by atomic mass is 35.5. The third-order valence-corrected chi connectivity index (χ3v) is 6.04. The van der Waals surface area contributed by atoms with E-state index in [9.17, 15) is 0 Å². The number of unbranched alkanes of at least 4 members (excludes halogenated alkanes) is 9. The van der Waals surface area contributed by atoms with Gasteiger partial charge in [-0.25, -0.2) is 0 Å². The molecule has 0 heterocycles. The van der Waals surface area contributed by atoms with Gasteiger partial charge >= 0.3 is 0 Å². The Bertz CT molecular complexity index is 561. The molecule has 0 fully saturated rings. The maximum absolute atomic E-state index is 5.33. The van der Waals surface area contributed by atoms with E-state index in [1.165, 1.54) is 68.9 Å². The fraction of sp³-hybridized carbons (Fsp3) is 0.704. The third kappa shape index (κ3) is 16.9. The topological polar surface area (TPSA) is 51.8 Å². The lowest BCUT2D eigenvalue weighted by atomic mass is 10.1. The smallest absolute Gasteiger partial charge is 0.282 e. The van der Waals surface area contributed by atoms with Gasteiger partial charge in [-0.2, -0.15) is 0 Å². The first-order valence-corrected chi connectivity index (χ1v) is 12.5. The summed E-state index contributed by atoms with van der Waals surface area (Å²) in [5, 5.41) is 7.03. The van der Waals surface area contributed by atoms with E-state index in [-0.39, 0.29) is 24.8 Å². The minimum atomic E-state index is -0.857. The molecule has 0 aliphatic heterocycles. The summed E-state index contributed by atoms with van der Waals surface area (Å²) < 4.78 is 16.0. The highest BCUT2D eigenvalue weighted by molar-refractivity contribution is 5.85. The van der Waals surface area contributed by atoms with Gasteiger partial charge in [-0.3, -0.25) is 0 Å². The van der Waals surface area contributed by atoms with Crippen molar-refractivity contribution in [1.29, 1.82) is 0 Å². The van der Waals surface area contributed by atoms with Crippen LogP contribution in [0, 0.1) is 0 Å². The van der Waals surface area contributed by atoms with Gasteiger partial charge < -0.3 is 24.8 Å². The Morgan fingerprint density at radius 3 is 1.65 bits per heavy atom. The molecule has 7 heteroatoms. The van der Waals surface area contributed by atoms with E-state index in [2.05, 4.69) is 41.5 Å². The van der Waals surface area contributed by atoms with Crippen molar-refractivity contribution in [2.75, 3.05) is 41.0 Å². The predicted molar refractivity (Wildman–Crippen MR) is 150 cm³/mol. The number of hydrogen-bond acceptors (Lipinski definition) is 5. The van der Waals surface area contributed by atoms with Crippen LogP contribution in [-0.2, 0) is 20.8 Å². The van der Waals surface area contributed by atoms with E-state index in [4.69, 9.17) is 14.2 Å². The Kier molecular flexibility index (Phi) is 25.1. The summed E-state index contributed by atoms with van der Waals surface area (Å²) in [5.74, 6) is -0.857. The van der Waals surface area contributed by atoms with Gasteiger partial charge in [0.1, 0.15) is 0 Å². The quantitative estimate of drug-likeness (QED) is 0.131. The van der Waals surface area contributed by atoms with Crippen LogP contribution in [0.2, 0.25) is 0 Å². The van der Waals surface area contributed by atoms with Crippen LogP contribution in [0.15, 0.2) is 30.8 Å². The monoisotopic (exact) mass is 520 g/mol. The number of rotatable bonds is 22. The number of hydrogen-bond donors (Lipinski definition) is 2. The molecule has 1 rings (SSSR count). The van der Waals surface area contributed by atoms with Crippen molar-refractivity contribution in [1.82, 2.24) is 10.6 Å². The summed E-state index contributed by atoms with van der Waals surface area (Å²) in [6, 6.07) is 8.55. The zero-order chi connectivity index (χ0) is 23.3. The summed E-state index contributed by atoms with van der Waals surface area (Å²) in [6.45, 7) is 7.88. The average molecular weight is 522 g/mol. The van der Waals surface area contributed by atoms with E-state index in [0.29, 0.717) is 0 Å². The lowest BCUT2D eigenvalue weighted by molar-refractivity contribution is -0.355. The highest BCUT2D eigenvalue weighted by Gasteiger charge is 2.28. The van der Waals surface area contributed by atoms with Gasteiger partial charge in [-0.1, -0.05) is 88.3 Å². The van der Waals surface area contributed by atoms with E-state index in [0.717, 1.165) is 39.0 Å². The molecule has 34 heavy (non-hydrogen) atoms. The molecular formula is C27H50Cl2N2O3. The van der Waals surface area contributed by atoms with Crippen LogP contribution in [-0.4, -0.2) is 46.9 Å². The SMILES string of the molecule is C=Cc1ccc(CNCCNCCCCCCCCCCCCC(OC)(OC)OC)cc1.Cl.Cl. The molecule has 5 nitrogen and oxygen atoms in total. The van der Waals surface area contributed by atoms with Crippen molar-refractivity contribution in [3.63, 3.8) is 0 Å². The van der Waals surface area contributed by atoms with Crippen LogP contribution in [0.1, 0.15) is 81.8 Å². The molecule has 0 aromatic heterocycles. The minimum absolute atomic E-state index is 0.